The maximum Gasteiger partial charge on any atom is -0.00196 e. The Morgan fingerprint density at radius 3 is 2.44 bits per heavy atom. The SMILES string of the molecule is Cc1ccc2cccc(Cc3ccccc3)c2c1. The molecule has 0 atom stereocenters. The van der Waals surface area contributed by atoms with Crippen molar-refractivity contribution in [2.75, 3.05) is 0 Å². The average Bonchev–Trinajstić information content (AvgIpc) is 2.41. The van der Waals surface area contributed by atoms with Crippen molar-refractivity contribution in [1.82, 2.24) is 0 Å². The van der Waals surface area contributed by atoms with Gasteiger partial charge in [-0.2, -0.15) is 0 Å². The van der Waals surface area contributed by atoms with Gasteiger partial charge in [0.25, 0.3) is 0 Å². The summed E-state index contributed by atoms with van der Waals surface area (Å²) in [5.74, 6) is 0. The van der Waals surface area contributed by atoms with E-state index in [-0.39, 0.29) is 0 Å². The number of rotatable bonds is 2. The highest BCUT2D eigenvalue weighted by molar-refractivity contribution is 5.86. The first-order chi connectivity index (χ1) is 8.83. The second-order valence-electron chi connectivity index (χ2n) is 4.80. The normalized spacial score (nSPS) is 10.7. The second kappa shape index (κ2) is 4.66. The van der Waals surface area contributed by atoms with Crippen LogP contribution in [0.3, 0.4) is 0 Å². The first-order valence-corrected chi connectivity index (χ1v) is 6.35. The van der Waals surface area contributed by atoms with Crippen LogP contribution in [-0.2, 0) is 6.42 Å². The summed E-state index contributed by atoms with van der Waals surface area (Å²) in [4.78, 5) is 0. The average molecular weight is 232 g/mol. The Morgan fingerprint density at radius 1 is 0.778 bits per heavy atom. The van der Waals surface area contributed by atoms with Gasteiger partial charge in [-0.15, -0.1) is 0 Å². The lowest BCUT2D eigenvalue weighted by Gasteiger charge is -2.07. The van der Waals surface area contributed by atoms with Crippen LogP contribution in [0.4, 0.5) is 0 Å². The van der Waals surface area contributed by atoms with Crippen LogP contribution in [0.2, 0.25) is 0 Å². The van der Waals surface area contributed by atoms with Gasteiger partial charge in [0.15, 0.2) is 0 Å². The van der Waals surface area contributed by atoms with Gasteiger partial charge in [0.05, 0.1) is 0 Å². The lowest BCUT2D eigenvalue weighted by Crippen LogP contribution is -1.90. The van der Waals surface area contributed by atoms with Crippen LogP contribution >= 0.6 is 0 Å². The molecule has 0 unspecified atom stereocenters. The molecule has 0 N–H and O–H groups in total. The zero-order valence-electron chi connectivity index (χ0n) is 10.6. The van der Waals surface area contributed by atoms with Gasteiger partial charge >= 0.3 is 0 Å². The van der Waals surface area contributed by atoms with Crippen LogP contribution in [0.15, 0.2) is 66.7 Å². The number of fused-ring (bicyclic) bond motifs is 1. The van der Waals surface area contributed by atoms with Crippen LogP contribution < -0.4 is 0 Å². The molecular weight excluding hydrogens is 216 g/mol. The number of benzene rings is 3. The van der Waals surface area contributed by atoms with Crippen molar-refractivity contribution < 1.29 is 0 Å². The van der Waals surface area contributed by atoms with E-state index in [2.05, 4.69) is 73.7 Å². The second-order valence-corrected chi connectivity index (χ2v) is 4.80. The lowest BCUT2D eigenvalue weighted by molar-refractivity contribution is 1.21. The molecule has 3 rings (SSSR count). The maximum atomic E-state index is 2.29. The van der Waals surface area contributed by atoms with Crippen molar-refractivity contribution >= 4 is 10.8 Å². The van der Waals surface area contributed by atoms with E-state index in [1.165, 1.54) is 27.5 Å². The van der Waals surface area contributed by atoms with Gasteiger partial charge in [-0.05, 0) is 35.2 Å². The van der Waals surface area contributed by atoms with Gasteiger partial charge in [0.2, 0.25) is 0 Å². The molecule has 0 saturated heterocycles. The summed E-state index contributed by atoms with van der Waals surface area (Å²) in [7, 11) is 0. The van der Waals surface area contributed by atoms with Crippen molar-refractivity contribution in [1.29, 1.82) is 0 Å². The number of aryl methyl sites for hydroxylation is 1. The van der Waals surface area contributed by atoms with Crippen molar-refractivity contribution in [3.05, 3.63) is 83.4 Å². The molecule has 18 heavy (non-hydrogen) atoms. The molecule has 0 aromatic heterocycles. The number of hydrogen-bond acceptors (Lipinski definition) is 0. The van der Waals surface area contributed by atoms with Crippen LogP contribution in [0.1, 0.15) is 16.7 Å². The van der Waals surface area contributed by atoms with Crippen molar-refractivity contribution in [3.63, 3.8) is 0 Å². The summed E-state index contributed by atoms with van der Waals surface area (Å²) in [6.45, 7) is 2.15. The predicted molar refractivity (Wildman–Crippen MR) is 77.9 cm³/mol. The summed E-state index contributed by atoms with van der Waals surface area (Å²) < 4.78 is 0. The Hall–Kier alpha value is -2.08. The molecule has 3 aromatic carbocycles. The third-order valence-corrected chi connectivity index (χ3v) is 3.37. The zero-order chi connectivity index (χ0) is 12.4. The Bertz CT molecular complexity index is 666. The molecule has 0 aliphatic carbocycles. The van der Waals surface area contributed by atoms with Crippen molar-refractivity contribution in [3.8, 4) is 0 Å². The fourth-order valence-corrected chi connectivity index (χ4v) is 2.42. The predicted octanol–water partition coefficient (Wildman–Crippen LogP) is 4.74. The maximum absolute atomic E-state index is 2.29. The first-order valence-electron chi connectivity index (χ1n) is 6.35. The van der Waals surface area contributed by atoms with E-state index < -0.39 is 0 Å². The minimum atomic E-state index is 1.00. The molecular formula is C18H16. The Morgan fingerprint density at radius 2 is 1.61 bits per heavy atom. The Labute approximate surface area is 108 Å². The monoisotopic (exact) mass is 232 g/mol. The smallest absolute Gasteiger partial charge is 0.00196 e. The standard InChI is InChI=1S/C18H16/c1-14-10-11-16-8-5-9-17(18(16)12-14)13-15-6-3-2-4-7-15/h2-12H,13H2,1H3. The highest BCUT2D eigenvalue weighted by atomic mass is 14.1. The Balaban J connectivity index is 2.09. The Kier molecular flexibility index (Phi) is 2.85. The van der Waals surface area contributed by atoms with Crippen molar-refractivity contribution in [2.24, 2.45) is 0 Å². The number of hydrogen-bond donors (Lipinski definition) is 0. The summed E-state index contributed by atoms with van der Waals surface area (Å²) in [5.41, 5.74) is 4.09. The van der Waals surface area contributed by atoms with E-state index in [1.54, 1.807) is 0 Å². The fraction of sp³-hybridized carbons (Fsp3) is 0.111. The topological polar surface area (TPSA) is 0 Å². The molecule has 0 heterocycles. The van der Waals surface area contributed by atoms with E-state index >= 15 is 0 Å². The molecule has 0 bridgehead atoms. The van der Waals surface area contributed by atoms with Gasteiger partial charge < -0.3 is 0 Å². The summed E-state index contributed by atoms with van der Waals surface area (Å²) in [6, 6.07) is 23.9. The molecule has 0 saturated carbocycles. The van der Waals surface area contributed by atoms with Crippen LogP contribution in [0.25, 0.3) is 10.8 Å². The molecule has 3 aromatic rings. The van der Waals surface area contributed by atoms with Crippen LogP contribution in [-0.4, -0.2) is 0 Å². The van der Waals surface area contributed by atoms with Crippen LogP contribution in [0, 0.1) is 6.92 Å². The quantitative estimate of drug-likeness (QED) is 0.598. The van der Waals surface area contributed by atoms with Gasteiger partial charge in [0.1, 0.15) is 0 Å². The third-order valence-electron chi connectivity index (χ3n) is 3.37. The zero-order valence-corrected chi connectivity index (χ0v) is 10.6. The highest BCUT2D eigenvalue weighted by Gasteiger charge is 2.02. The van der Waals surface area contributed by atoms with Gasteiger partial charge in [-0.25, -0.2) is 0 Å². The fourth-order valence-electron chi connectivity index (χ4n) is 2.42. The highest BCUT2D eigenvalue weighted by Crippen LogP contribution is 2.22. The van der Waals surface area contributed by atoms with E-state index in [9.17, 15) is 0 Å². The van der Waals surface area contributed by atoms with Gasteiger partial charge in [-0.1, -0.05) is 72.3 Å². The molecule has 88 valence electrons. The first kappa shape index (κ1) is 11.0. The van der Waals surface area contributed by atoms with E-state index in [0.717, 1.165) is 6.42 Å². The largest absolute Gasteiger partial charge is 0.0622 e. The molecule has 0 radical (unpaired) electrons. The van der Waals surface area contributed by atoms with Crippen LogP contribution in [0.5, 0.6) is 0 Å². The minimum absolute atomic E-state index is 1.00. The molecule has 0 spiro atoms. The molecule has 0 amide bonds. The van der Waals surface area contributed by atoms with E-state index in [0.29, 0.717) is 0 Å². The minimum Gasteiger partial charge on any atom is -0.0622 e. The van der Waals surface area contributed by atoms with E-state index in [1.807, 2.05) is 0 Å². The molecule has 0 aliphatic heterocycles. The van der Waals surface area contributed by atoms with E-state index in [4.69, 9.17) is 0 Å². The summed E-state index contributed by atoms with van der Waals surface area (Å²) in [6.07, 6.45) is 1.00. The molecule has 0 nitrogen and oxygen atoms in total. The third kappa shape index (κ3) is 2.14. The van der Waals surface area contributed by atoms with Gasteiger partial charge in [0, 0.05) is 0 Å². The lowest BCUT2D eigenvalue weighted by atomic mass is 9.97. The molecule has 0 fully saturated rings. The summed E-state index contributed by atoms with van der Waals surface area (Å²) in [5, 5.41) is 2.70. The van der Waals surface area contributed by atoms with Crippen molar-refractivity contribution in [2.45, 2.75) is 13.3 Å². The molecule has 0 heteroatoms. The molecule has 0 aliphatic rings. The summed E-state index contributed by atoms with van der Waals surface area (Å²) >= 11 is 0. The van der Waals surface area contributed by atoms with Gasteiger partial charge in [-0.3, -0.25) is 0 Å².